The van der Waals surface area contributed by atoms with E-state index >= 15 is 0 Å². The van der Waals surface area contributed by atoms with Gasteiger partial charge in [0.05, 0.1) is 6.07 Å². The molecule has 1 aliphatic rings. The van der Waals surface area contributed by atoms with Gasteiger partial charge in [-0.25, -0.2) is 0 Å². The summed E-state index contributed by atoms with van der Waals surface area (Å²) in [6, 6.07) is 2.44. The molecule has 84 valence electrons. The largest absolute Gasteiger partial charge is 0.352 e. The molecule has 0 spiro atoms. The second kappa shape index (κ2) is 5.16. The van der Waals surface area contributed by atoms with E-state index in [0.29, 0.717) is 0 Å². The smallest absolute Gasteiger partial charge is 0.240 e. The fraction of sp³-hybridized carbons (Fsp3) is 0.833. The normalized spacial score (nSPS) is 18.8. The molecule has 1 N–H and O–H groups in total. The second-order valence-corrected chi connectivity index (χ2v) is 4.39. The third-order valence-corrected chi connectivity index (χ3v) is 3.43. The molecule has 0 heterocycles. The Labute approximate surface area is 91.9 Å². The molecule has 0 unspecified atom stereocenters. The number of hydrogen-bond acceptors (Lipinski definition) is 2. The Hall–Kier alpha value is -1.04. The van der Waals surface area contributed by atoms with Gasteiger partial charge in [0.25, 0.3) is 0 Å². The van der Waals surface area contributed by atoms with Gasteiger partial charge in [-0.3, -0.25) is 4.79 Å². The minimum atomic E-state index is -0.720. The summed E-state index contributed by atoms with van der Waals surface area (Å²) in [6.07, 6.45) is 5.34. The Morgan fingerprint density at radius 3 is 2.33 bits per heavy atom. The lowest BCUT2D eigenvalue weighted by Gasteiger charge is -2.23. The van der Waals surface area contributed by atoms with Gasteiger partial charge in [-0.15, -0.1) is 0 Å². The molecule has 0 radical (unpaired) electrons. The van der Waals surface area contributed by atoms with E-state index in [9.17, 15) is 4.79 Å². The number of nitrogens with zero attached hydrogens (tertiary/aromatic N) is 1. The summed E-state index contributed by atoms with van der Waals surface area (Å²) in [6.45, 7) is 4.12. The van der Waals surface area contributed by atoms with E-state index in [1.54, 1.807) is 0 Å². The van der Waals surface area contributed by atoms with Crippen LogP contribution in [0.3, 0.4) is 0 Å². The highest BCUT2D eigenvalue weighted by molar-refractivity contribution is 5.85. The lowest BCUT2D eigenvalue weighted by Crippen LogP contribution is -2.43. The summed E-state index contributed by atoms with van der Waals surface area (Å²) in [7, 11) is 0. The van der Waals surface area contributed by atoms with Crippen molar-refractivity contribution in [1.29, 1.82) is 5.26 Å². The molecule has 1 aliphatic carbocycles. The maximum Gasteiger partial charge on any atom is 0.240 e. The molecule has 0 bridgehead atoms. The summed E-state index contributed by atoms with van der Waals surface area (Å²) in [4.78, 5) is 12.0. The fourth-order valence-corrected chi connectivity index (χ4v) is 2.18. The number of amides is 1. The topological polar surface area (TPSA) is 52.9 Å². The standard InChI is InChI=1S/C12H20N2O/c1-3-10(4-2)14-11(15)12(9-13)7-5-6-8-12/h10H,3-8H2,1-2H3,(H,14,15). The average molecular weight is 208 g/mol. The third kappa shape index (κ3) is 2.50. The molecule has 1 amide bonds. The van der Waals surface area contributed by atoms with Crippen molar-refractivity contribution in [3.05, 3.63) is 0 Å². The Kier molecular flexibility index (Phi) is 4.14. The minimum absolute atomic E-state index is 0.0452. The molecule has 0 aromatic rings. The van der Waals surface area contributed by atoms with E-state index in [4.69, 9.17) is 5.26 Å². The number of nitrogens with one attached hydrogen (secondary N) is 1. The predicted molar refractivity (Wildman–Crippen MR) is 59.0 cm³/mol. The van der Waals surface area contributed by atoms with Gasteiger partial charge >= 0.3 is 0 Å². The summed E-state index contributed by atoms with van der Waals surface area (Å²) in [5.41, 5.74) is -0.720. The molecule has 1 rings (SSSR count). The van der Waals surface area contributed by atoms with Gasteiger partial charge in [-0.05, 0) is 25.7 Å². The van der Waals surface area contributed by atoms with Crippen molar-refractivity contribution in [3.63, 3.8) is 0 Å². The van der Waals surface area contributed by atoms with Crippen LogP contribution in [0.25, 0.3) is 0 Å². The van der Waals surface area contributed by atoms with E-state index in [-0.39, 0.29) is 11.9 Å². The summed E-state index contributed by atoms with van der Waals surface area (Å²) < 4.78 is 0. The maximum absolute atomic E-state index is 12.0. The molecule has 0 aliphatic heterocycles. The van der Waals surface area contributed by atoms with Crippen molar-refractivity contribution in [1.82, 2.24) is 5.32 Å². The summed E-state index contributed by atoms with van der Waals surface area (Å²) in [5.74, 6) is -0.0452. The molecule has 1 saturated carbocycles. The molecule has 1 fully saturated rings. The van der Waals surface area contributed by atoms with Crippen molar-refractivity contribution in [3.8, 4) is 6.07 Å². The van der Waals surface area contributed by atoms with Crippen LogP contribution < -0.4 is 5.32 Å². The molecule has 15 heavy (non-hydrogen) atoms. The van der Waals surface area contributed by atoms with Gasteiger partial charge in [0, 0.05) is 6.04 Å². The van der Waals surface area contributed by atoms with Crippen molar-refractivity contribution in [2.75, 3.05) is 0 Å². The van der Waals surface area contributed by atoms with Crippen LogP contribution >= 0.6 is 0 Å². The number of hydrogen-bond donors (Lipinski definition) is 1. The van der Waals surface area contributed by atoms with E-state index < -0.39 is 5.41 Å². The highest BCUT2D eigenvalue weighted by Crippen LogP contribution is 2.37. The first-order valence-corrected chi connectivity index (χ1v) is 5.90. The van der Waals surface area contributed by atoms with Crippen molar-refractivity contribution >= 4 is 5.91 Å². The van der Waals surface area contributed by atoms with Crippen LogP contribution in [-0.4, -0.2) is 11.9 Å². The van der Waals surface area contributed by atoms with Crippen LogP contribution in [0.5, 0.6) is 0 Å². The molecule has 3 heteroatoms. The van der Waals surface area contributed by atoms with Crippen LogP contribution in [0.2, 0.25) is 0 Å². The van der Waals surface area contributed by atoms with Gasteiger partial charge in [-0.1, -0.05) is 26.7 Å². The average Bonchev–Trinajstić information content (AvgIpc) is 2.75. The Balaban J connectivity index is 2.62. The molecular weight excluding hydrogens is 188 g/mol. The number of carbonyl (C=O) groups excluding carboxylic acids is 1. The quantitative estimate of drug-likeness (QED) is 0.771. The first kappa shape index (κ1) is 12.0. The van der Waals surface area contributed by atoms with Crippen LogP contribution in [-0.2, 0) is 4.79 Å². The van der Waals surface area contributed by atoms with Gasteiger partial charge < -0.3 is 5.32 Å². The molecule has 3 nitrogen and oxygen atoms in total. The fourth-order valence-electron chi connectivity index (χ4n) is 2.18. The molecule has 0 saturated heterocycles. The summed E-state index contributed by atoms with van der Waals surface area (Å²) in [5, 5.41) is 12.1. The molecular formula is C12H20N2O. The number of rotatable bonds is 4. The number of carbonyl (C=O) groups is 1. The zero-order chi connectivity index (χ0) is 11.3. The minimum Gasteiger partial charge on any atom is -0.352 e. The van der Waals surface area contributed by atoms with Gasteiger partial charge in [0.15, 0.2) is 0 Å². The maximum atomic E-state index is 12.0. The zero-order valence-corrected chi connectivity index (χ0v) is 9.68. The molecule has 0 aromatic heterocycles. The van der Waals surface area contributed by atoms with E-state index in [2.05, 4.69) is 25.2 Å². The van der Waals surface area contributed by atoms with E-state index in [1.807, 2.05) is 0 Å². The third-order valence-electron chi connectivity index (χ3n) is 3.43. The highest BCUT2D eigenvalue weighted by atomic mass is 16.2. The lowest BCUT2D eigenvalue weighted by molar-refractivity contribution is -0.128. The second-order valence-electron chi connectivity index (χ2n) is 4.39. The monoisotopic (exact) mass is 208 g/mol. The first-order chi connectivity index (χ1) is 7.18. The van der Waals surface area contributed by atoms with Crippen molar-refractivity contribution in [2.45, 2.75) is 58.4 Å². The van der Waals surface area contributed by atoms with Crippen LogP contribution in [0.1, 0.15) is 52.4 Å². The molecule has 0 atom stereocenters. The van der Waals surface area contributed by atoms with Crippen LogP contribution in [0.15, 0.2) is 0 Å². The van der Waals surface area contributed by atoms with E-state index in [1.165, 1.54) is 0 Å². The number of nitriles is 1. The van der Waals surface area contributed by atoms with Crippen molar-refractivity contribution < 1.29 is 4.79 Å². The van der Waals surface area contributed by atoms with Crippen LogP contribution in [0.4, 0.5) is 0 Å². The van der Waals surface area contributed by atoms with Gasteiger partial charge in [0.2, 0.25) is 5.91 Å². The Bertz CT molecular complexity index is 257. The summed E-state index contributed by atoms with van der Waals surface area (Å²) >= 11 is 0. The first-order valence-electron chi connectivity index (χ1n) is 5.90. The highest BCUT2D eigenvalue weighted by Gasteiger charge is 2.41. The SMILES string of the molecule is CCC(CC)NC(=O)C1(C#N)CCCC1. The molecule has 0 aromatic carbocycles. The van der Waals surface area contributed by atoms with Gasteiger partial charge in [-0.2, -0.15) is 5.26 Å². The van der Waals surface area contributed by atoms with Crippen LogP contribution in [0, 0.1) is 16.7 Å². The lowest BCUT2D eigenvalue weighted by atomic mass is 9.86. The van der Waals surface area contributed by atoms with Gasteiger partial charge in [0.1, 0.15) is 5.41 Å². The predicted octanol–water partition coefficient (Wildman–Crippen LogP) is 2.38. The van der Waals surface area contributed by atoms with E-state index in [0.717, 1.165) is 38.5 Å². The Morgan fingerprint density at radius 1 is 1.40 bits per heavy atom. The van der Waals surface area contributed by atoms with Crippen molar-refractivity contribution in [2.24, 2.45) is 5.41 Å². The zero-order valence-electron chi connectivity index (χ0n) is 9.68. The Morgan fingerprint density at radius 2 is 1.93 bits per heavy atom.